The highest BCUT2D eigenvalue weighted by Crippen LogP contribution is 2.41. The van der Waals surface area contributed by atoms with Crippen molar-refractivity contribution in [3.05, 3.63) is 42.2 Å². The molecule has 128 valence electrons. The van der Waals surface area contributed by atoms with Crippen LogP contribution in [-0.2, 0) is 11.3 Å². The van der Waals surface area contributed by atoms with Crippen LogP contribution in [0.15, 0.2) is 36.7 Å². The molecule has 0 atom stereocenters. The number of rotatable bonds is 3. The predicted octanol–water partition coefficient (Wildman–Crippen LogP) is 2.86. The Labute approximate surface area is 144 Å². The third-order valence-electron chi connectivity index (χ3n) is 6.14. The van der Waals surface area contributed by atoms with Crippen molar-refractivity contribution in [2.75, 3.05) is 26.2 Å². The number of hydrogen-bond acceptors (Lipinski definition) is 3. The molecule has 2 saturated heterocycles. The quantitative estimate of drug-likeness (QED) is 0.802. The van der Waals surface area contributed by atoms with Crippen molar-refractivity contribution in [2.45, 2.75) is 38.6 Å². The fourth-order valence-electron chi connectivity index (χ4n) is 4.60. The first-order valence-corrected chi connectivity index (χ1v) is 9.29. The third-order valence-corrected chi connectivity index (χ3v) is 6.14. The van der Waals surface area contributed by atoms with Crippen LogP contribution in [0.2, 0.25) is 0 Å². The van der Waals surface area contributed by atoms with Crippen molar-refractivity contribution < 1.29 is 4.79 Å². The number of hydrogen-bond donors (Lipinski definition) is 0. The molecule has 4 heteroatoms. The highest BCUT2D eigenvalue weighted by molar-refractivity contribution is 5.79. The SMILES string of the molecule is O=C(C1CC=CC1)N1CCC2(CCN(Cc3cccnc3)C2)CC1. The Kier molecular flexibility index (Phi) is 4.40. The maximum atomic E-state index is 12.6. The van der Waals surface area contributed by atoms with Gasteiger partial charge in [0.15, 0.2) is 0 Å². The van der Waals surface area contributed by atoms with Gasteiger partial charge in [-0.3, -0.25) is 14.7 Å². The number of amides is 1. The van der Waals surface area contributed by atoms with Gasteiger partial charge in [0.25, 0.3) is 0 Å². The van der Waals surface area contributed by atoms with E-state index in [1.807, 2.05) is 18.5 Å². The van der Waals surface area contributed by atoms with E-state index >= 15 is 0 Å². The van der Waals surface area contributed by atoms with Gasteiger partial charge >= 0.3 is 0 Å². The average Bonchev–Trinajstić information content (AvgIpc) is 3.27. The van der Waals surface area contributed by atoms with Crippen LogP contribution in [-0.4, -0.2) is 46.9 Å². The van der Waals surface area contributed by atoms with Gasteiger partial charge in [-0.05, 0) is 55.7 Å². The van der Waals surface area contributed by atoms with Crippen LogP contribution in [0, 0.1) is 11.3 Å². The molecule has 2 aliphatic heterocycles. The van der Waals surface area contributed by atoms with E-state index in [9.17, 15) is 4.79 Å². The lowest BCUT2D eigenvalue weighted by atomic mass is 9.77. The summed E-state index contributed by atoms with van der Waals surface area (Å²) in [5, 5.41) is 0. The van der Waals surface area contributed by atoms with Crippen molar-refractivity contribution in [2.24, 2.45) is 11.3 Å². The van der Waals surface area contributed by atoms with Gasteiger partial charge in [0.2, 0.25) is 5.91 Å². The molecule has 4 nitrogen and oxygen atoms in total. The number of aromatic nitrogens is 1. The number of allylic oxidation sites excluding steroid dienone is 2. The predicted molar refractivity (Wildman–Crippen MR) is 94.2 cm³/mol. The van der Waals surface area contributed by atoms with E-state index in [-0.39, 0.29) is 5.92 Å². The minimum absolute atomic E-state index is 0.227. The topological polar surface area (TPSA) is 36.4 Å². The molecule has 0 aromatic carbocycles. The van der Waals surface area contributed by atoms with E-state index in [4.69, 9.17) is 0 Å². The molecule has 1 aliphatic carbocycles. The van der Waals surface area contributed by atoms with Gasteiger partial charge in [-0.2, -0.15) is 0 Å². The standard InChI is InChI=1S/C20H27N3O/c24-19(18-5-1-2-6-18)23-12-8-20(9-13-23)7-11-22(16-20)15-17-4-3-10-21-14-17/h1-4,10,14,18H,5-9,11-13,15-16H2. The second-order valence-electron chi connectivity index (χ2n) is 7.79. The monoisotopic (exact) mass is 325 g/mol. The van der Waals surface area contributed by atoms with Gasteiger partial charge in [0, 0.05) is 44.5 Å². The molecule has 1 aromatic rings. The molecular weight excluding hydrogens is 298 g/mol. The number of nitrogens with zero attached hydrogens (tertiary/aromatic N) is 3. The fraction of sp³-hybridized carbons (Fsp3) is 0.600. The molecule has 1 amide bonds. The van der Waals surface area contributed by atoms with E-state index in [0.29, 0.717) is 11.3 Å². The molecular formula is C20H27N3O. The number of piperidine rings is 1. The van der Waals surface area contributed by atoms with Crippen molar-refractivity contribution in [3.63, 3.8) is 0 Å². The van der Waals surface area contributed by atoms with Crippen molar-refractivity contribution in [3.8, 4) is 0 Å². The Morgan fingerprint density at radius 2 is 1.92 bits per heavy atom. The fourth-order valence-corrected chi connectivity index (χ4v) is 4.60. The number of likely N-dealkylation sites (tertiary alicyclic amines) is 2. The summed E-state index contributed by atoms with van der Waals surface area (Å²) in [4.78, 5) is 21.5. The molecule has 0 bridgehead atoms. The van der Waals surface area contributed by atoms with Crippen LogP contribution in [0.3, 0.4) is 0 Å². The summed E-state index contributed by atoms with van der Waals surface area (Å²) in [5.41, 5.74) is 1.74. The third kappa shape index (κ3) is 3.25. The molecule has 1 spiro atoms. The largest absolute Gasteiger partial charge is 0.342 e. The molecule has 3 aliphatic rings. The molecule has 0 radical (unpaired) electrons. The summed E-state index contributed by atoms with van der Waals surface area (Å²) in [6.07, 6.45) is 13.6. The van der Waals surface area contributed by atoms with Gasteiger partial charge in [0.1, 0.15) is 0 Å². The first-order valence-electron chi connectivity index (χ1n) is 9.29. The lowest BCUT2D eigenvalue weighted by molar-refractivity contribution is -0.137. The highest BCUT2D eigenvalue weighted by Gasteiger charge is 2.41. The van der Waals surface area contributed by atoms with Gasteiger partial charge in [-0.15, -0.1) is 0 Å². The number of carbonyl (C=O) groups is 1. The highest BCUT2D eigenvalue weighted by atomic mass is 16.2. The maximum absolute atomic E-state index is 12.6. The summed E-state index contributed by atoms with van der Waals surface area (Å²) in [6, 6.07) is 4.18. The van der Waals surface area contributed by atoms with E-state index in [0.717, 1.165) is 32.5 Å². The summed E-state index contributed by atoms with van der Waals surface area (Å²) in [6.45, 7) is 5.27. The second kappa shape index (κ2) is 6.67. The van der Waals surface area contributed by atoms with Crippen molar-refractivity contribution in [1.29, 1.82) is 0 Å². The Morgan fingerprint density at radius 3 is 2.62 bits per heavy atom. The van der Waals surface area contributed by atoms with E-state index < -0.39 is 0 Å². The van der Waals surface area contributed by atoms with Crippen LogP contribution < -0.4 is 0 Å². The summed E-state index contributed by atoms with van der Waals surface area (Å²) in [5.74, 6) is 0.616. The normalized spacial score (nSPS) is 24.1. The minimum Gasteiger partial charge on any atom is -0.342 e. The maximum Gasteiger partial charge on any atom is 0.226 e. The van der Waals surface area contributed by atoms with Crippen LogP contribution in [0.5, 0.6) is 0 Å². The second-order valence-corrected chi connectivity index (χ2v) is 7.79. The number of carbonyl (C=O) groups excluding carboxylic acids is 1. The van der Waals surface area contributed by atoms with E-state index in [1.54, 1.807) is 0 Å². The van der Waals surface area contributed by atoms with Crippen molar-refractivity contribution >= 4 is 5.91 Å². The minimum atomic E-state index is 0.227. The van der Waals surface area contributed by atoms with Crippen LogP contribution in [0.1, 0.15) is 37.7 Å². The molecule has 24 heavy (non-hydrogen) atoms. The van der Waals surface area contributed by atoms with Gasteiger partial charge in [0.05, 0.1) is 0 Å². The molecule has 0 unspecified atom stereocenters. The Morgan fingerprint density at radius 1 is 1.17 bits per heavy atom. The molecule has 4 rings (SSSR count). The van der Waals surface area contributed by atoms with E-state index in [1.165, 1.54) is 37.9 Å². The Bertz CT molecular complexity index is 597. The van der Waals surface area contributed by atoms with E-state index in [2.05, 4.69) is 33.0 Å². The van der Waals surface area contributed by atoms with Crippen LogP contribution >= 0.6 is 0 Å². The molecule has 0 saturated carbocycles. The summed E-state index contributed by atoms with van der Waals surface area (Å²) >= 11 is 0. The van der Waals surface area contributed by atoms with Gasteiger partial charge in [-0.25, -0.2) is 0 Å². The molecule has 0 N–H and O–H groups in total. The zero-order chi connectivity index (χ0) is 16.4. The summed E-state index contributed by atoms with van der Waals surface area (Å²) in [7, 11) is 0. The van der Waals surface area contributed by atoms with Crippen LogP contribution in [0.25, 0.3) is 0 Å². The molecule has 2 fully saturated rings. The lowest BCUT2D eigenvalue weighted by Crippen LogP contribution is -2.46. The van der Waals surface area contributed by atoms with Crippen molar-refractivity contribution in [1.82, 2.24) is 14.8 Å². The van der Waals surface area contributed by atoms with Gasteiger partial charge in [-0.1, -0.05) is 18.2 Å². The lowest BCUT2D eigenvalue weighted by Gasteiger charge is -2.40. The van der Waals surface area contributed by atoms with Crippen LogP contribution in [0.4, 0.5) is 0 Å². The zero-order valence-electron chi connectivity index (χ0n) is 14.4. The first kappa shape index (κ1) is 15.8. The Hall–Kier alpha value is -1.68. The molecule has 3 heterocycles. The zero-order valence-corrected chi connectivity index (χ0v) is 14.4. The summed E-state index contributed by atoms with van der Waals surface area (Å²) < 4.78 is 0. The average molecular weight is 325 g/mol. The molecule has 1 aromatic heterocycles. The number of pyridine rings is 1. The smallest absolute Gasteiger partial charge is 0.226 e. The Balaban J connectivity index is 1.30. The first-order chi connectivity index (χ1) is 11.7. The van der Waals surface area contributed by atoms with Gasteiger partial charge < -0.3 is 4.90 Å².